The summed E-state index contributed by atoms with van der Waals surface area (Å²) < 4.78 is 7.38. The smallest absolute Gasteiger partial charge is 0.268 e. The molecule has 0 saturated heterocycles. The maximum Gasteiger partial charge on any atom is 0.268 e. The van der Waals surface area contributed by atoms with E-state index in [1.165, 1.54) is 6.07 Å². The van der Waals surface area contributed by atoms with E-state index >= 15 is 0 Å². The molecule has 0 atom stereocenters. The Labute approximate surface area is 223 Å². The van der Waals surface area contributed by atoms with Crippen LogP contribution in [0.4, 0.5) is 5.69 Å². The maximum absolute atomic E-state index is 13.6. The molecule has 7 nitrogen and oxygen atoms in total. The molecule has 1 amide bonds. The number of amides is 1. The van der Waals surface area contributed by atoms with Gasteiger partial charge >= 0.3 is 0 Å². The summed E-state index contributed by atoms with van der Waals surface area (Å²) in [6.45, 7) is 3.81. The van der Waals surface area contributed by atoms with Crippen LogP contribution in [-0.4, -0.2) is 22.9 Å². The van der Waals surface area contributed by atoms with Crippen molar-refractivity contribution in [3.8, 4) is 11.8 Å². The van der Waals surface area contributed by atoms with Crippen LogP contribution in [0.25, 0.3) is 0 Å². The Hall–Kier alpha value is -4.18. The number of pyridine rings is 1. The van der Waals surface area contributed by atoms with Gasteiger partial charge in [0.05, 0.1) is 5.56 Å². The van der Waals surface area contributed by atoms with E-state index in [9.17, 15) is 19.6 Å². The van der Waals surface area contributed by atoms with E-state index in [1.807, 2.05) is 38.1 Å². The van der Waals surface area contributed by atoms with Crippen molar-refractivity contribution in [2.24, 2.45) is 0 Å². The van der Waals surface area contributed by atoms with Crippen LogP contribution in [0.3, 0.4) is 0 Å². The molecular weight excluding hydrogens is 478 g/mol. The van der Waals surface area contributed by atoms with Gasteiger partial charge in [0.15, 0.2) is 12.4 Å². The summed E-state index contributed by atoms with van der Waals surface area (Å²) in [7, 11) is 0. The molecule has 0 bridgehead atoms. The molecule has 0 unspecified atom stereocenters. The second-order valence-electron chi connectivity index (χ2n) is 9.58. The first kappa shape index (κ1) is 26.9. The molecule has 1 aliphatic carbocycles. The fourth-order valence-corrected chi connectivity index (χ4v) is 5.09. The van der Waals surface area contributed by atoms with Crippen molar-refractivity contribution in [3.05, 3.63) is 92.9 Å². The zero-order chi connectivity index (χ0) is 27.1. The minimum Gasteiger partial charge on any atom is -0.483 e. The highest BCUT2D eigenvalue weighted by atomic mass is 16.5. The highest BCUT2D eigenvalue weighted by molar-refractivity contribution is 6.10. The number of hydrogen-bond donors (Lipinski definition) is 1. The van der Waals surface area contributed by atoms with Crippen LogP contribution in [0.5, 0.6) is 5.75 Å². The number of nitriles is 1. The second-order valence-corrected chi connectivity index (χ2v) is 9.58. The Balaban J connectivity index is 1.56. The van der Waals surface area contributed by atoms with Gasteiger partial charge in [-0.1, -0.05) is 63.4 Å². The normalized spacial score (nSPS) is 13.5. The molecule has 1 aromatic heterocycles. The number of benzene rings is 2. The molecule has 0 spiro atoms. The van der Waals surface area contributed by atoms with Gasteiger partial charge in [-0.2, -0.15) is 5.26 Å². The molecule has 0 radical (unpaired) electrons. The van der Waals surface area contributed by atoms with Crippen LogP contribution in [0.1, 0.15) is 84.6 Å². The molecule has 4 rings (SSSR count). The molecule has 38 heavy (non-hydrogen) atoms. The first-order valence-corrected chi connectivity index (χ1v) is 13.3. The lowest BCUT2D eigenvalue weighted by atomic mass is 9.94. The Bertz CT molecular complexity index is 1410. The molecular formula is C31H33N3O4. The third-order valence-corrected chi connectivity index (χ3v) is 7.15. The summed E-state index contributed by atoms with van der Waals surface area (Å²) in [5.74, 6) is -0.423. The zero-order valence-electron chi connectivity index (χ0n) is 22.0. The average molecular weight is 512 g/mol. The second kappa shape index (κ2) is 12.4. The Morgan fingerprint density at radius 3 is 2.37 bits per heavy atom. The van der Waals surface area contributed by atoms with Gasteiger partial charge in [0, 0.05) is 23.5 Å². The van der Waals surface area contributed by atoms with E-state index < -0.39 is 0 Å². The average Bonchev–Trinajstić information content (AvgIpc) is 2.96. The number of anilines is 1. The van der Waals surface area contributed by atoms with Gasteiger partial charge in [-0.15, -0.1) is 0 Å². The van der Waals surface area contributed by atoms with Crippen LogP contribution >= 0.6 is 0 Å². The molecule has 196 valence electrons. The number of nitrogens with one attached hydrogen (secondary N) is 1. The van der Waals surface area contributed by atoms with E-state index in [0.717, 1.165) is 61.8 Å². The van der Waals surface area contributed by atoms with Gasteiger partial charge in [0.25, 0.3) is 11.5 Å². The summed E-state index contributed by atoms with van der Waals surface area (Å²) in [5, 5.41) is 12.5. The highest BCUT2D eigenvalue weighted by Gasteiger charge is 2.22. The first-order valence-electron chi connectivity index (χ1n) is 13.3. The minimum atomic E-state index is -0.369. The summed E-state index contributed by atoms with van der Waals surface area (Å²) in [4.78, 5) is 39.3. The number of para-hydroxylation sites is 2. The molecule has 1 heterocycles. The van der Waals surface area contributed by atoms with Gasteiger partial charge in [-0.3, -0.25) is 14.4 Å². The van der Waals surface area contributed by atoms with Gasteiger partial charge in [-0.25, -0.2) is 0 Å². The lowest BCUT2D eigenvalue weighted by Gasteiger charge is -2.24. The molecule has 1 saturated carbocycles. The summed E-state index contributed by atoms with van der Waals surface area (Å²) >= 11 is 0. The maximum atomic E-state index is 13.6. The molecule has 7 heteroatoms. The SMILES string of the molecule is CCc1cccc(CC)c1NC(=O)COc1ccccc1C(=O)c1cc(C#N)c(=O)n(C2CCCCC2)c1. The molecule has 0 aliphatic heterocycles. The third kappa shape index (κ3) is 5.86. The largest absolute Gasteiger partial charge is 0.483 e. The Kier molecular flexibility index (Phi) is 8.75. The molecule has 1 aliphatic rings. The van der Waals surface area contributed by atoms with E-state index in [4.69, 9.17) is 4.74 Å². The predicted molar refractivity (Wildman–Crippen MR) is 147 cm³/mol. The monoisotopic (exact) mass is 511 g/mol. The molecule has 1 N–H and O–H groups in total. The van der Waals surface area contributed by atoms with E-state index in [2.05, 4.69) is 5.32 Å². The number of ether oxygens (including phenoxy) is 1. The van der Waals surface area contributed by atoms with Gasteiger partial charge in [0.1, 0.15) is 17.4 Å². The van der Waals surface area contributed by atoms with Crippen LogP contribution in [0.15, 0.2) is 59.5 Å². The van der Waals surface area contributed by atoms with E-state index in [0.29, 0.717) is 0 Å². The number of ketones is 1. The van der Waals surface area contributed by atoms with Crippen molar-refractivity contribution < 1.29 is 14.3 Å². The number of carbonyl (C=O) groups excluding carboxylic acids is 2. The summed E-state index contributed by atoms with van der Waals surface area (Å²) in [5.41, 5.74) is 3.00. The first-order chi connectivity index (χ1) is 18.5. The quantitative estimate of drug-likeness (QED) is 0.377. The number of hydrogen-bond acceptors (Lipinski definition) is 5. The van der Waals surface area contributed by atoms with Gasteiger partial charge < -0.3 is 14.6 Å². The fourth-order valence-electron chi connectivity index (χ4n) is 5.09. The molecule has 3 aromatic rings. The van der Waals surface area contributed by atoms with Gasteiger partial charge in [-0.05, 0) is 55.0 Å². The van der Waals surface area contributed by atoms with Crippen LogP contribution in [0.2, 0.25) is 0 Å². The molecule has 2 aromatic carbocycles. The number of rotatable bonds is 9. The predicted octanol–water partition coefficient (Wildman–Crippen LogP) is 5.60. The molecule has 1 fully saturated rings. The Morgan fingerprint density at radius 2 is 1.71 bits per heavy atom. The van der Waals surface area contributed by atoms with E-state index in [1.54, 1.807) is 35.0 Å². The number of aromatic nitrogens is 1. The van der Waals surface area contributed by atoms with Crippen molar-refractivity contribution in [2.75, 3.05) is 11.9 Å². The minimum absolute atomic E-state index is 0.0229. The zero-order valence-corrected chi connectivity index (χ0v) is 22.0. The lowest BCUT2D eigenvalue weighted by Crippen LogP contribution is -2.29. The van der Waals surface area contributed by atoms with Crippen molar-refractivity contribution in [3.63, 3.8) is 0 Å². The van der Waals surface area contributed by atoms with Crippen LogP contribution < -0.4 is 15.6 Å². The van der Waals surface area contributed by atoms with Crippen molar-refractivity contribution in [1.82, 2.24) is 4.57 Å². The van der Waals surface area contributed by atoms with Gasteiger partial charge in [0.2, 0.25) is 0 Å². The summed E-state index contributed by atoms with van der Waals surface area (Å²) in [6.07, 6.45) is 7.98. The van der Waals surface area contributed by atoms with Crippen molar-refractivity contribution in [2.45, 2.75) is 64.8 Å². The van der Waals surface area contributed by atoms with E-state index in [-0.39, 0.29) is 52.3 Å². The van der Waals surface area contributed by atoms with Crippen LogP contribution in [-0.2, 0) is 17.6 Å². The number of nitrogens with zero attached hydrogens (tertiary/aromatic N) is 2. The Morgan fingerprint density at radius 1 is 1.03 bits per heavy atom. The third-order valence-electron chi connectivity index (χ3n) is 7.15. The standard InChI is InChI=1S/C31H33N3O4/c1-3-21-11-10-12-22(4-2)29(21)33-28(35)20-38-27-16-9-8-15-26(27)30(36)24-17-23(18-32)31(37)34(19-24)25-13-6-5-7-14-25/h8-12,15-17,19,25H,3-7,13-14,20H2,1-2H3,(H,33,35). The summed E-state index contributed by atoms with van der Waals surface area (Å²) in [6, 6.07) is 16.0. The lowest BCUT2D eigenvalue weighted by molar-refractivity contribution is -0.118. The fraction of sp³-hybridized carbons (Fsp3) is 0.355. The number of carbonyl (C=O) groups is 2. The van der Waals surface area contributed by atoms with Crippen LogP contribution in [0, 0.1) is 11.3 Å². The van der Waals surface area contributed by atoms with Crippen molar-refractivity contribution >= 4 is 17.4 Å². The number of aryl methyl sites for hydroxylation is 2. The highest BCUT2D eigenvalue weighted by Crippen LogP contribution is 2.28. The van der Waals surface area contributed by atoms with Crippen molar-refractivity contribution in [1.29, 1.82) is 5.26 Å². The topological polar surface area (TPSA) is 101 Å².